The summed E-state index contributed by atoms with van der Waals surface area (Å²) in [5, 5.41) is 13.9. The van der Waals surface area contributed by atoms with E-state index in [1.165, 1.54) is 12.1 Å². The lowest BCUT2D eigenvalue weighted by Gasteiger charge is -2.39. The van der Waals surface area contributed by atoms with Crippen LogP contribution >= 0.6 is 0 Å². The molecule has 1 heterocycles. The van der Waals surface area contributed by atoms with E-state index in [0.717, 1.165) is 17.7 Å². The summed E-state index contributed by atoms with van der Waals surface area (Å²) in [4.78, 5) is 38.1. The van der Waals surface area contributed by atoms with Gasteiger partial charge in [0.15, 0.2) is 0 Å². The van der Waals surface area contributed by atoms with Crippen molar-refractivity contribution in [3.8, 4) is 0 Å². The summed E-state index contributed by atoms with van der Waals surface area (Å²) in [6.45, 7) is 5.96. The van der Waals surface area contributed by atoms with E-state index in [4.69, 9.17) is 0 Å². The van der Waals surface area contributed by atoms with Gasteiger partial charge in [-0.15, -0.1) is 0 Å². The van der Waals surface area contributed by atoms with Gasteiger partial charge in [-0.05, 0) is 43.9 Å². The average Bonchev–Trinajstić information content (AvgIpc) is 2.73. The second kappa shape index (κ2) is 9.07. The van der Waals surface area contributed by atoms with Crippen LogP contribution in [0.15, 0.2) is 48.5 Å². The molecule has 0 unspecified atom stereocenters. The molecule has 30 heavy (non-hydrogen) atoms. The fourth-order valence-corrected chi connectivity index (χ4v) is 3.88. The maximum atomic E-state index is 13.2. The Bertz CT molecular complexity index is 942. The Balaban J connectivity index is 1.84. The first-order chi connectivity index (χ1) is 14.3. The Morgan fingerprint density at radius 3 is 2.50 bits per heavy atom. The topological polar surface area (TPSA) is 92.6 Å². The number of hydrogen-bond acceptors (Lipinski definition) is 4. The van der Waals surface area contributed by atoms with Crippen molar-refractivity contribution >= 4 is 23.2 Å². The molecule has 1 aliphatic heterocycles. The number of benzene rings is 2. The molecule has 2 aromatic carbocycles. The summed E-state index contributed by atoms with van der Waals surface area (Å²) in [7, 11) is 0. The highest BCUT2D eigenvalue weighted by Crippen LogP contribution is 2.39. The van der Waals surface area contributed by atoms with Crippen molar-refractivity contribution in [2.45, 2.75) is 58.0 Å². The summed E-state index contributed by atoms with van der Waals surface area (Å²) >= 11 is 0. The van der Waals surface area contributed by atoms with E-state index in [9.17, 15) is 19.7 Å². The summed E-state index contributed by atoms with van der Waals surface area (Å²) in [6.07, 6.45) is 1.54. The molecule has 0 aromatic heterocycles. The Morgan fingerprint density at radius 1 is 1.20 bits per heavy atom. The van der Waals surface area contributed by atoms with Gasteiger partial charge in [0.1, 0.15) is 0 Å². The monoisotopic (exact) mass is 409 g/mol. The van der Waals surface area contributed by atoms with E-state index >= 15 is 0 Å². The van der Waals surface area contributed by atoms with Crippen LogP contribution in [0.5, 0.6) is 0 Å². The second-order valence-electron chi connectivity index (χ2n) is 7.88. The molecule has 0 radical (unpaired) electrons. The molecule has 0 spiro atoms. The maximum absolute atomic E-state index is 13.2. The first-order valence-corrected chi connectivity index (χ1v) is 10.3. The van der Waals surface area contributed by atoms with Crippen molar-refractivity contribution in [1.29, 1.82) is 0 Å². The predicted molar refractivity (Wildman–Crippen MR) is 115 cm³/mol. The third-order valence-electron chi connectivity index (χ3n) is 5.68. The number of carbonyl (C=O) groups excluding carboxylic acids is 2. The normalized spacial score (nSPS) is 19.0. The molecule has 0 aliphatic carbocycles. The number of nitrogens with one attached hydrogen (secondary N) is 1. The van der Waals surface area contributed by atoms with Crippen LogP contribution in [0, 0.1) is 10.1 Å². The number of nitro benzene ring substituents is 1. The zero-order valence-corrected chi connectivity index (χ0v) is 17.5. The number of carbonyl (C=O) groups is 2. The van der Waals surface area contributed by atoms with Crippen LogP contribution in [0.2, 0.25) is 0 Å². The van der Waals surface area contributed by atoms with E-state index in [1.54, 1.807) is 17.0 Å². The number of fused-ring (bicyclic) bond motifs is 1. The van der Waals surface area contributed by atoms with Crippen LogP contribution in [-0.2, 0) is 16.0 Å². The SMILES string of the molecule is CC[C@@H](C)NC(=O)[C@H]1C[C@@H](C)N(C(=O)Cc2ccc([N+](=O)[O-])cc2)c2ccccc21. The molecule has 3 rings (SSSR count). The number of para-hydroxylation sites is 1. The summed E-state index contributed by atoms with van der Waals surface area (Å²) < 4.78 is 0. The van der Waals surface area contributed by atoms with Crippen molar-refractivity contribution in [3.63, 3.8) is 0 Å². The molecule has 0 bridgehead atoms. The van der Waals surface area contributed by atoms with Gasteiger partial charge in [-0.1, -0.05) is 37.3 Å². The largest absolute Gasteiger partial charge is 0.353 e. The van der Waals surface area contributed by atoms with Crippen molar-refractivity contribution in [2.24, 2.45) is 0 Å². The summed E-state index contributed by atoms with van der Waals surface area (Å²) in [5.41, 5.74) is 2.32. The first-order valence-electron chi connectivity index (χ1n) is 10.3. The number of non-ortho nitro benzene ring substituents is 1. The highest BCUT2D eigenvalue weighted by atomic mass is 16.6. The minimum atomic E-state index is -0.459. The van der Waals surface area contributed by atoms with E-state index in [1.807, 2.05) is 45.0 Å². The smallest absolute Gasteiger partial charge is 0.269 e. The molecule has 7 nitrogen and oxygen atoms in total. The minimum absolute atomic E-state index is 0.00181. The molecule has 158 valence electrons. The molecule has 0 fully saturated rings. The van der Waals surface area contributed by atoms with Crippen LogP contribution in [0.1, 0.15) is 50.7 Å². The Labute approximate surface area is 176 Å². The fourth-order valence-electron chi connectivity index (χ4n) is 3.88. The van der Waals surface area contributed by atoms with Gasteiger partial charge in [0, 0.05) is 29.9 Å². The predicted octanol–water partition coefficient (Wildman–Crippen LogP) is 3.96. The fraction of sp³-hybridized carbons (Fsp3) is 0.391. The molecular weight excluding hydrogens is 382 g/mol. The molecule has 1 aliphatic rings. The lowest BCUT2D eigenvalue weighted by molar-refractivity contribution is -0.384. The van der Waals surface area contributed by atoms with Crippen molar-refractivity contribution in [2.75, 3.05) is 4.90 Å². The van der Waals surface area contributed by atoms with Crippen molar-refractivity contribution in [1.82, 2.24) is 5.32 Å². The quantitative estimate of drug-likeness (QED) is 0.577. The van der Waals surface area contributed by atoms with Gasteiger partial charge in [0.25, 0.3) is 5.69 Å². The lowest BCUT2D eigenvalue weighted by Crippen LogP contribution is -2.47. The number of amides is 2. The lowest BCUT2D eigenvalue weighted by atomic mass is 9.85. The van der Waals surface area contributed by atoms with Crippen LogP contribution in [0.25, 0.3) is 0 Å². The molecule has 3 atom stereocenters. The van der Waals surface area contributed by atoms with Crippen LogP contribution in [0.4, 0.5) is 11.4 Å². The van der Waals surface area contributed by atoms with E-state index in [0.29, 0.717) is 12.0 Å². The van der Waals surface area contributed by atoms with Gasteiger partial charge in [-0.25, -0.2) is 0 Å². The second-order valence-corrected chi connectivity index (χ2v) is 7.88. The Hall–Kier alpha value is -3.22. The van der Waals surface area contributed by atoms with E-state index in [2.05, 4.69) is 5.32 Å². The van der Waals surface area contributed by atoms with Crippen LogP contribution in [0.3, 0.4) is 0 Å². The molecular formula is C23H27N3O4. The Kier molecular flexibility index (Phi) is 6.50. The standard InChI is InChI=1S/C23H27N3O4/c1-4-15(2)24-23(28)20-13-16(3)25(21-8-6-5-7-19(20)21)22(27)14-17-9-11-18(12-10-17)26(29)30/h5-12,15-16,20H,4,13-14H2,1-3H3,(H,24,28)/t15-,16-,20+/m1/s1. The molecule has 1 N–H and O–H groups in total. The van der Waals surface area contributed by atoms with Gasteiger partial charge in [-0.2, -0.15) is 0 Å². The van der Waals surface area contributed by atoms with E-state index < -0.39 is 4.92 Å². The Morgan fingerprint density at radius 2 is 1.87 bits per heavy atom. The van der Waals surface area contributed by atoms with Crippen LogP contribution < -0.4 is 10.2 Å². The highest BCUT2D eigenvalue weighted by molar-refractivity contribution is 5.98. The number of nitro groups is 1. The van der Waals surface area contributed by atoms with Gasteiger partial charge in [-0.3, -0.25) is 19.7 Å². The van der Waals surface area contributed by atoms with Gasteiger partial charge >= 0.3 is 0 Å². The number of anilines is 1. The summed E-state index contributed by atoms with van der Waals surface area (Å²) in [6, 6.07) is 13.5. The molecule has 0 saturated carbocycles. The zero-order valence-electron chi connectivity index (χ0n) is 17.5. The van der Waals surface area contributed by atoms with Crippen molar-refractivity contribution in [3.05, 3.63) is 69.8 Å². The molecule has 0 saturated heterocycles. The highest BCUT2D eigenvalue weighted by Gasteiger charge is 2.36. The first kappa shape index (κ1) is 21.5. The van der Waals surface area contributed by atoms with Gasteiger partial charge in [0.05, 0.1) is 17.3 Å². The van der Waals surface area contributed by atoms with Crippen LogP contribution in [-0.4, -0.2) is 28.8 Å². The summed E-state index contributed by atoms with van der Waals surface area (Å²) in [5.74, 6) is -0.399. The third-order valence-corrected chi connectivity index (χ3v) is 5.68. The zero-order chi connectivity index (χ0) is 21.8. The van der Waals surface area contributed by atoms with Gasteiger partial charge in [0.2, 0.25) is 11.8 Å². The van der Waals surface area contributed by atoms with Gasteiger partial charge < -0.3 is 10.2 Å². The number of hydrogen-bond donors (Lipinski definition) is 1. The van der Waals surface area contributed by atoms with E-state index in [-0.39, 0.29) is 41.9 Å². The minimum Gasteiger partial charge on any atom is -0.353 e. The molecule has 7 heteroatoms. The molecule has 2 aromatic rings. The average molecular weight is 409 g/mol. The number of nitrogens with zero attached hydrogens (tertiary/aromatic N) is 2. The molecule has 2 amide bonds. The third kappa shape index (κ3) is 4.50. The maximum Gasteiger partial charge on any atom is 0.269 e. The van der Waals surface area contributed by atoms with Crippen molar-refractivity contribution < 1.29 is 14.5 Å². The number of rotatable bonds is 6.